The highest BCUT2D eigenvalue weighted by Gasteiger charge is 2.58. The third-order valence-corrected chi connectivity index (χ3v) is 12.6. The van der Waals surface area contributed by atoms with Gasteiger partial charge in [0.25, 0.3) is 11.6 Å². The van der Waals surface area contributed by atoms with Crippen molar-refractivity contribution in [1.29, 1.82) is 0 Å². The lowest BCUT2D eigenvalue weighted by Gasteiger charge is -2.47. The molecule has 3 aliphatic heterocycles. The van der Waals surface area contributed by atoms with Gasteiger partial charge in [0.1, 0.15) is 30.6 Å². The van der Waals surface area contributed by atoms with Crippen LogP contribution < -0.4 is 10.9 Å². The number of nitro benzene ring substituents is 1. The number of non-ortho nitro benzene ring substituents is 1. The van der Waals surface area contributed by atoms with E-state index in [0.29, 0.717) is 18.5 Å². The summed E-state index contributed by atoms with van der Waals surface area (Å²) in [6, 6.07) is 4.93. The van der Waals surface area contributed by atoms with Crippen LogP contribution in [0.15, 0.2) is 30.5 Å². The molecule has 0 unspecified atom stereocenters. The molecule has 0 spiro atoms. The van der Waals surface area contributed by atoms with E-state index in [1.165, 1.54) is 31.3 Å². The molecule has 4 heterocycles. The van der Waals surface area contributed by atoms with Crippen LogP contribution >= 0.6 is 0 Å². The normalized spacial score (nSPS) is 35.5. The van der Waals surface area contributed by atoms with Crippen LogP contribution in [0, 0.1) is 27.9 Å². The standard InChI is InChI=1S/C42H64N8O14/c1-12-31-42(8)36(63-40(55)64-42)26(6)48(11)19-22(2)18-41(7,56)35(62-38-33(52)30(47(9)10)16-23(3)59-38)24(4)34(25(5)37(53)60-31)61-39(54)45-44-32(51)21-49-20-29(43-46-49)27-14-13-15-28(17-27)50(57)58/h13-15,17,20,22-26,30-31,33-36,38,52,56H,12,16,18-19,21H2,1-11H3,(H,44,51)(H,45,54)/t22-,23-,24+,25-,26-,30+,31-,33-,34+,35-,36-,38+,41-,42-/m1/s1. The molecule has 1 aromatic carbocycles. The van der Waals surface area contributed by atoms with E-state index < -0.39 is 101 Å². The van der Waals surface area contributed by atoms with Crippen LogP contribution in [-0.2, 0) is 44.6 Å². The number of nitro groups is 1. The van der Waals surface area contributed by atoms with E-state index >= 15 is 0 Å². The number of hydrazine groups is 1. The van der Waals surface area contributed by atoms with Crippen LogP contribution in [-0.4, -0.2) is 158 Å². The number of aromatic nitrogens is 3. The lowest BCUT2D eigenvalue weighted by atomic mass is 9.77. The van der Waals surface area contributed by atoms with E-state index in [1.54, 1.807) is 33.8 Å². The first-order valence-electron chi connectivity index (χ1n) is 21.5. The zero-order valence-electron chi connectivity index (χ0n) is 38.3. The fourth-order valence-electron chi connectivity index (χ4n) is 9.29. The van der Waals surface area contributed by atoms with Crippen molar-refractivity contribution in [2.75, 3.05) is 27.7 Å². The Kier molecular flexibility index (Phi) is 16.0. The minimum atomic E-state index is -1.72. The maximum Gasteiger partial charge on any atom is 0.509 e. The van der Waals surface area contributed by atoms with Crippen molar-refractivity contribution in [2.24, 2.45) is 17.8 Å². The fourth-order valence-corrected chi connectivity index (χ4v) is 9.29. The van der Waals surface area contributed by atoms with Gasteiger partial charge in [-0.2, -0.15) is 0 Å². The number of ether oxygens (including phenoxy) is 6. The van der Waals surface area contributed by atoms with Crippen LogP contribution in [0.5, 0.6) is 0 Å². The van der Waals surface area contributed by atoms with Crippen molar-refractivity contribution in [3.63, 3.8) is 0 Å². The summed E-state index contributed by atoms with van der Waals surface area (Å²) in [5.41, 5.74) is 1.81. The van der Waals surface area contributed by atoms with E-state index in [1.807, 2.05) is 51.7 Å². The molecule has 4 N–H and O–H groups in total. The molecule has 14 atom stereocenters. The molecule has 0 radical (unpaired) electrons. The Balaban J connectivity index is 1.44. The molecule has 356 valence electrons. The second kappa shape index (κ2) is 20.4. The van der Waals surface area contributed by atoms with Crippen LogP contribution in [0.25, 0.3) is 11.3 Å². The Morgan fingerprint density at radius 3 is 2.47 bits per heavy atom. The molecule has 3 fully saturated rings. The number of rotatable bonds is 9. The summed E-state index contributed by atoms with van der Waals surface area (Å²) in [6.07, 6.45) is -7.18. The predicted molar refractivity (Wildman–Crippen MR) is 226 cm³/mol. The van der Waals surface area contributed by atoms with Gasteiger partial charge in [-0.15, -0.1) is 5.10 Å². The molecule has 0 saturated carbocycles. The zero-order valence-corrected chi connectivity index (χ0v) is 38.3. The van der Waals surface area contributed by atoms with E-state index in [-0.39, 0.29) is 42.3 Å². The summed E-state index contributed by atoms with van der Waals surface area (Å²) in [4.78, 5) is 68.3. The molecule has 22 heteroatoms. The van der Waals surface area contributed by atoms with Gasteiger partial charge in [-0.3, -0.25) is 30.0 Å². The molecule has 3 saturated heterocycles. The number of cyclic esters (lactones) is 1. The van der Waals surface area contributed by atoms with Crippen LogP contribution in [0.4, 0.5) is 15.3 Å². The van der Waals surface area contributed by atoms with Gasteiger partial charge < -0.3 is 43.5 Å². The van der Waals surface area contributed by atoms with Crippen molar-refractivity contribution in [1.82, 2.24) is 35.6 Å². The number of hydrogen-bond acceptors (Lipinski definition) is 18. The lowest BCUT2D eigenvalue weighted by molar-refractivity contribution is -0.384. The number of likely N-dealkylation sites (N-methyl/N-ethyl adjacent to an activating group) is 2. The molecule has 2 aromatic rings. The van der Waals surface area contributed by atoms with Gasteiger partial charge in [0.05, 0.1) is 34.8 Å². The predicted octanol–water partition coefficient (Wildman–Crippen LogP) is 2.79. The zero-order chi connectivity index (χ0) is 47.4. The molecule has 64 heavy (non-hydrogen) atoms. The van der Waals surface area contributed by atoms with Crippen molar-refractivity contribution in [3.05, 3.63) is 40.6 Å². The average Bonchev–Trinajstić information content (AvgIpc) is 3.82. The number of benzene rings is 1. The third-order valence-electron chi connectivity index (χ3n) is 12.6. The maximum atomic E-state index is 14.3. The summed E-state index contributed by atoms with van der Waals surface area (Å²) in [7, 11) is 5.51. The van der Waals surface area contributed by atoms with E-state index in [4.69, 9.17) is 28.4 Å². The number of nitrogens with one attached hydrogen (secondary N) is 2. The molecule has 1 aromatic heterocycles. The minimum absolute atomic E-state index is 0.114. The van der Waals surface area contributed by atoms with Crippen LogP contribution in [0.2, 0.25) is 0 Å². The highest BCUT2D eigenvalue weighted by Crippen LogP contribution is 2.40. The minimum Gasteiger partial charge on any atom is -0.458 e. The molecule has 3 aliphatic rings. The number of esters is 1. The van der Waals surface area contributed by atoms with Crippen molar-refractivity contribution in [2.45, 2.75) is 147 Å². The first kappa shape index (κ1) is 50.0. The fraction of sp³-hybridized carbons (Fsp3) is 0.714. The summed E-state index contributed by atoms with van der Waals surface area (Å²) >= 11 is 0. The second-order valence-corrected chi connectivity index (χ2v) is 18.2. The molecule has 2 amide bonds. The summed E-state index contributed by atoms with van der Waals surface area (Å²) in [5, 5.41) is 43.2. The molecule has 5 rings (SSSR count). The quantitative estimate of drug-likeness (QED) is 0.122. The van der Waals surface area contributed by atoms with Gasteiger partial charge in [-0.25, -0.2) is 19.7 Å². The first-order valence-corrected chi connectivity index (χ1v) is 21.5. The van der Waals surface area contributed by atoms with Crippen LogP contribution in [0.3, 0.4) is 0 Å². The van der Waals surface area contributed by atoms with Gasteiger partial charge in [-0.05, 0) is 80.9 Å². The number of carbonyl (C=O) groups is 4. The largest absolute Gasteiger partial charge is 0.509 e. The summed E-state index contributed by atoms with van der Waals surface area (Å²) in [6.45, 7) is 13.7. The molecular formula is C42H64N8O14. The summed E-state index contributed by atoms with van der Waals surface area (Å²) in [5.74, 6) is -4.14. The Hall–Kier alpha value is -5.00. The van der Waals surface area contributed by atoms with Crippen molar-refractivity contribution >= 4 is 29.8 Å². The van der Waals surface area contributed by atoms with Crippen molar-refractivity contribution in [3.8, 4) is 11.3 Å². The van der Waals surface area contributed by atoms with E-state index in [0.717, 1.165) is 4.68 Å². The van der Waals surface area contributed by atoms with Crippen LogP contribution in [0.1, 0.15) is 74.7 Å². The highest BCUT2D eigenvalue weighted by atomic mass is 16.8. The average molecular weight is 905 g/mol. The van der Waals surface area contributed by atoms with Gasteiger partial charge in [0.15, 0.2) is 18.0 Å². The monoisotopic (exact) mass is 904 g/mol. The van der Waals surface area contributed by atoms with Gasteiger partial charge in [-0.1, -0.05) is 38.1 Å². The number of carbonyl (C=O) groups excluding carboxylic acids is 4. The van der Waals surface area contributed by atoms with Gasteiger partial charge in [0.2, 0.25) is 0 Å². The Labute approximate surface area is 372 Å². The van der Waals surface area contributed by atoms with Gasteiger partial charge in [0, 0.05) is 42.2 Å². The number of aliphatic hydroxyl groups is 2. The molecule has 0 aliphatic carbocycles. The van der Waals surface area contributed by atoms with Crippen molar-refractivity contribution < 1.29 is 62.7 Å². The first-order chi connectivity index (χ1) is 29.9. The molecular weight excluding hydrogens is 841 g/mol. The van der Waals surface area contributed by atoms with E-state index in [9.17, 15) is 39.5 Å². The van der Waals surface area contributed by atoms with Gasteiger partial charge >= 0.3 is 18.2 Å². The Morgan fingerprint density at radius 2 is 1.81 bits per heavy atom. The molecule has 0 bridgehead atoms. The summed E-state index contributed by atoms with van der Waals surface area (Å²) < 4.78 is 37.5. The maximum absolute atomic E-state index is 14.3. The van der Waals surface area contributed by atoms with E-state index in [2.05, 4.69) is 21.2 Å². The second-order valence-electron chi connectivity index (χ2n) is 18.2. The topological polar surface area (TPSA) is 269 Å². The third kappa shape index (κ3) is 11.4. The smallest absolute Gasteiger partial charge is 0.458 e. The lowest BCUT2D eigenvalue weighted by Crippen LogP contribution is -2.59. The number of aliphatic hydroxyl groups excluding tert-OH is 1. The Bertz CT molecular complexity index is 1980. The Morgan fingerprint density at radius 1 is 1.11 bits per heavy atom. The highest BCUT2D eigenvalue weighted by molar-refractivity contribution is 5.79. The SMILES string of the molecule is CC[C@H]1OC(=O)[C@H](C)[C@@H](OC(=O)NNC(=O)Cn2cc(-c3cccc([N+](=O)[O-])c3)nn2)[C@H](C)[C@@H](O[C@@H]2O[C@H](C)C[C@H](N(C)C)[C@H]2O)[C@](C)(O)C[C@@H](C)CN(C)[C@H](C)[C@H]2OC(=O)O[C@@]21C. The number of nitrogens with zero attached hydrogens (tertiary/aromatic N) is 6. The number of amides is 2. The number of hydrogen-bond donors (Lipinski definition) is 4. The number of fused-ring (bicyclic) bond motifs is 1. The molecule has 22 nitrogen and oxygen atoms in total.